The summed E-state index contributed by atoms with van der Waals surface area (Å²) in [6.45, 7) is 4.59. The highest BCUT2D eigenvalue weighted by Gasteiger charge is 2.26. The molecule has 2 nitrogen and oxygen atoms in total. The average Bonchev–Trinajstić information content (AvgIpc) is 2.52. The Morgan fingerprint density at radius 2 is 1.94 bits per heavy atom. The summed E-state index contributed by atoms with van der Waals surface area (Å²) in [7, 11) is 0. The van der Waals surface area contributed by atoms with E-state index < -0.39 is 0 Å². The van der Waals surface area contributed by atoms with Gasteiger partial charge in [0.25, 0.3) is 0 Å². The van der Waals surface area contributed by atoms with Crippen LogP contribution in [-0.4, -0.2) is 12.1 Å². The summed E-state index contributed by atoms with van der Waals surface area (Å²) in [6.07, 6.45) is 4.88. The van der Waals surface area contributed by atoms with Crippen LogP contribution >= 0.6 is 0 Å². The Kier molecular flexibility index (Phi) is 4.79. The van der Waals surface area contributed by atoms with Crippen LogP contribution in [0.25, 0.3) is 0 Å². The summed E-state index contributed by atoms with van der Waals surface area (Å²) in [6, 6.07) is 11.8. The van der Waals surface area contributed by atoms with Crippen LogP contribution < -0.4 is 11.1 Å². The van der Waals surface area contributed by atoms with E-state index in [0.717, 1.165) is 12.3 Å². The standard InChI is InChI=1S/C16H26N2/c1-12(2)11-14-9-6-10-15(17)16(18-14)13-7-4-3-5-8-13/h3-5,7-8,12,14-16,18H,6,9-11,17H2,1-2H3/t14-,15-,16+/m0/s1. The molecule has 1 aromatic rings. The third-order valence-electron chi connectivity index (χ3n) is 3.85. The number of nitrogens with two attached hydrogens (primary N) is 1. The number of hydrogen-bond acceptors (Lipinski definition) is 2. The summed E-state index contributed by atoms with van der Waals surface area (Å²) < 4.78 is 0. The van der Waals surface area contributed by atoms with Gasteiger partial charge < -0.3 is 11.1 Å². The largest absolute Gasteiger partial charge is 0.326 e. The number of rotatable bonds is 3. The molecule has 100 valence electrons. The fourth-order valence-electron chi connectivity index (χ4n) is 2.99. The quantitative estimate of drug-likeness (QED) is 0.859. The molecule has 0 bridgehead atoms. The van der Waals surface area contributed by atoms with Gasteiger partial charge in [-0.1, -0.05) is 50.6 Å². The molecule has 0 aliphatic carbocycles. The maximum atomic E-state index is 6.34. The summed E-state index contributed by atoms with van der Waals surface area (Å²) in [5.41, 5.74) is 7.68. The molecule has 0 aromatic heterocycles. The van der Waals surface area contributed by atoms with Crippen LogP contribution in [0, 0.1) is 5.92 Å². The first-order valence-electron chi connectivity index (χ1n) is 7.23. The molecule has 0 saturated carbocycles. The molecule has 1 aromatic carbocycles. The van der Waals surface area contributed by atoms with E-state index in [1.165, 1.54) is 24.8 Å². The molecule has 1 aliphatic heterocycles. The number of hydrogen-bond donors (Lipinski definition) is 2. The van der Waals surface area contributed by atoms with Gasteiger partial charge in [-0.05, 0) is 30.7 Å². The Hall–Kier alpha value is -0.860. The van der Waals surface area contributed by atoms with Crippen molar-refractivity contribution in [2.45, 2.75) is 57.7 Å². The highest BCUT2D eigenvalue weighted by Crippen LogP contribution is 2.26. The SMILES string of the molecule is CC(C)C[C@@H]1CCC[C@H](N)[C@@H](c2ccccc2)N1. The number of benzene rings is 1. The Morgan fingerprint density at radius 3 is 2.61 bits per heavy atom. The minimum absolute atomic E-state index is 0.240. The van der Waals surface area contributed by atoms with Gasteiger partial charge >= 0.3 is 0 Å². The summed E-state index contributed by atoms with van der Waals surface area (Å²) in [4.78, 5) is 0. The van der Waals surface area contributed by atoms with Gasteiger partial charge in [-0.3, -0.25) is 0 Å². The van der Waals surface area contributed by atoms with E-state index in [-0.39, 0.29) is 6.04 Å². The van der Waals surface area contributed by atoms with Gasteiger partial charge in [0, 0.05) is 18.1 Å². The summed E-state index contributed by atoms with van der Waals surface area (Å²) >= 11 is 0. The van der Waals surface area contributed by atoms with E-state index in [0.29, 0.717) is 12.1 Å². The molecule has 2 rings (SSSR count). The lowest BCUT2D eigenvalue weighted by atomic mass is 9.97. The van der Waals surface area contributed by atoms with E-state index in [1.54, 1.807) is 0 Å². The zero-order valence-electron chi connectivity index (χ0n) is 11.6. The van der Waals surface area contributed by atoms with Crippen molar-refractivity contribution in [1.82, 2.24) is 5.32 Å². The Labute approximate surface area is 111 Å². The van der Waals surface area contributed by atoms with Crippen LogP contribution in [0.5, 0.6) is 0 Å². The van der Waals surface area contributed by atoms with Crippen molar-refractivity contribution in [1.29, 1.82) is 0 Å². The molecule has 1 saturated heterocycles. The second-order valence-corrected chi connectivity index (χ2v) is 5.98. The van der Waals surface area contributed by atoms with Crippen molar-refractivity contribution in [3.05, 3.63) is 35.9 Å². The van der Waals surface area contributed by atoms with Gasteiger partial charge in [0.1, 0.15) is 0 Å². The molecule has 18 heavy (non-hydrogen) atoms. The van der Waals surface area contributed by atoms with Crippen LogP contribution in [0.15, 0.2) is 30.3 Å². The summed E-state index contributed by atoms with van der Waals surface area (Å²) in [5.74, 6) is 0.744. The van der Waals surface area contributed by atoms with Crippen LogP contribution in [0.2, 0.25) is 0 Å². The van der Waals surface area contributed by atoms with Crippen LogP contribution in [0.4, 0.5) is 0 Å². The zero-order chi connectivity index (χ0) is 13.0. The zero-order valence-corrected chi connectivity index (χ0v) is 11.6. The van der Waals surface area contributed by atoms with Crippen molar-refractivity contribution in [3.8, 4) is 0 Å². The van der Waals surface area contributed by atoms with E-state index >= 15 is 0 Å². The molecule has 0 radical (unpaired) electrons. The molecule has 3 N–H and O–H groups in total. The Bertz CT molecular complexity index is 347. The molecular weight excluding hydrogens is 220 g/mol. The lowest BCUT2D eigenvalue weighted by Gasteiger charge is -2.27. The van der Waals surface area contributed by atoms with Crippen LogP contribution in [-0.2, 0) is 0 Å². The first-order chi connectivity index (χ1) is 8.66. The second kappa shape index (κ2) is 6.35. The molecule has 1 aliphatic rings. The normalized spacial score (nSPS) is 29.2. The predicted molar refractivity (Wildman–Crippen MR) is 77.4 cm³/mol. The maximum absolute atomic E-state index is 6.34. The van der Waals surface area contributed by atoms with Gasteiger partial charge in [-0.25, -0.2) is 0 Å². The van der Waals surface area contributed by atoms with Crippen LogP contribution in [0.1, 0.15) is 51.1 Å². The number of nitrogens with one attached hydrogen (secondary N) is 1. The van der Waals surface area contributed by atoms with Crippen molar-refractivity contribution in [2.75, 3.05) is 0 Å². The van der Waals surface area contributed by atoms with Gasteiger partial charge in [0.05, 0.1) is 0 Å². The van der Waals surface area contributed by atoms with Gasteiger partial charge in [-0.2, -0.15) is 0 Å². The van der Waals surface area contributed by atoms with Gasteiger partial charge in [0.2, 0.25) is 0 Å². The lowest BCUT2D eigenvalue weighted by molar-refractivity contribution is 0.362. The third kappa shape index (κ3) is 3.56. The monoisotopic (exact) mass is 246 g/mol. The first-order valence-corrected chi connectivity index (χ1v) is 7.23. The molecule has 0 amide bonds. The molecule has 0 spiro atoms. The lowest BCUT2D eigenvalue weighted by Crippen LogP contribution is -2.40. The smallest absolute Gasteiger partial charge is 0.0475 e. The minimum Gasteiger partial charge on any atom is -0.326 e. The first kappa shape index (κ1) is 13.6. The van der Waals surface area contributed by atoms with Crippen molar-refractivity contribution < 1.29 is 0 Å². The average molecular weight is 246 g/mol. The third-order valence-corrected chi connectivity index (χ3v) is 3.85. The predicted octanol–water partition coefficient (Wildman–Crippen LogP) is 3.24. The van der Waals surface area contributed by atoms with Crippen LogP contribution in [0.3, 0.4) is 0 Å². The van der Waals surface area contributed by atoms with E-state index in [9.17, 15) is 0 Å². The highest BCUT2D eigenvalue weighted by atomic mass is 15.0. The second-order valence-electron chi connectivity index (χ2n) is 5.98. The highest BCUT2D eigenvalue weighted by molar-refractivity contribution is 5.21. The summed E-state index contributed by atoms with van der Waals surface area (Å²) in [5, 5.41) is 3.79. The fraction of sp³-hybridized carbons (Fsp3) is 0.625. The molecule has 3 atom stereocenters. The van der Waals surface area contributed by atoms with Crippen molar-refractivity contribution in [3.63, 3.8) is 0 Å². The molecule has 2 heteroatoms. The van der Waals surface area contributed by atoms with E-state index in [2.05, 4.69) is 49.5 Å². The Morgan fingerprint density at radius 1 is 1.22 bits per heavy atom. The Balaban J connectivity index is 2.10. The minimum atomic E-state index is 0.240. The van der Waals surface area contributed by atoms with Gasteiger partial charge in [-0.15, -0.1) is 0 Å². The van der Waals surface area contributed by atoms with Gasteiger partial charge in [0.15, 0.2) is 0 Å². The maximum Gasteiger partial charge on any atom is 0.0475 e. The van der Waals surface area contributed by atoms with Crippen molar-refractivity contribution in [2.24, 2.45) is 11.7 Å². The fourth-order valence-corrected chi connectivity index (χ4v) is 2.99. The molecular formula is C16H26N2. The van der Waals surface area contributed by atoms with E-state index in [4.69, 9.17) is 5.73 Å². The molecule has 1 heterocycles. The topological polar surface area (TPSA) is 38.0 Å². The van der Waals surface area contributed by atoms with E-state index in [1.807, 2.05) is 0 Å². The molecule has 0 unspecified atom stereocenters. The van der Waals surface area contributed by atoms with Crippen molar-refractivity contribution >= 4 is 0 Å². The molecule has 1 fully saturated rings.